The zero-order chi connectivity index (χ0) is 19.0. The Labute approximate surface area is 171 Å². The van der Waals surface area contributed by atoms with E-state index in [4.69, 9.17) is 4.74 Å². The third-order valence-electron chi connectivity index (χ3n) is 8.39. The molecule has 0 amide bonds. The lowest BCUT2D eigenvalue weighted by molar-refractivity contribution is 0.0400. The van der Waals surface area contributed by atoms with Gasteiger partial charge in [0.2, 0.25) is 0 Å². The van der Waals surface area contributed by atoms with E-state index < -0.39 is 0 Å². The average molecular weight is 383 g/mol. The molecule has 154 valence electrons. The molecule has 1 aromatic carbocycles. The number of rotatable bonds is 5. The van der Waals surface area contributed by atoms with Crippen molar-refractivity contribution in [3.63, 3.8) is 0 Å². The molecule has 2 aliphatic carbocycles. The molecule has 28 heavy (non-hydrogen) atoms. The summed E-state index contributed by atoms with van der Waals surface area (Å²) in [6.45, 7) is 8.35. The van der Waals surface area contributed by atoms with Crippen LogP contribution in [0.5, 0.6) is 5.75 Å². The third-order valence-corrected chi connectivity index (χ3v) is 8.39. The zero-order valence-corrected chi connectivity index (χ0v) is 17.7. The second-order valence-corrected chi connectivity index (χ2v) is 10.1. The van der Waals surface area contributed by atoms with Crippen LogP contribution in [0.4, 0.5) is 0 Å². The van der Waals surface area contributed by atoms with Gasteiger partial charge >= 0.3 is 0 Å². The van der Waals surface area contributed by atoms with Crippen molar-refractivity contribution in [1.29, 1.82) is 0 Å². The minimum Gasteiger partial charge on any atom is -0.494 e. The number of nitrogens with zero attached hydrogens (tertiary/aromatic N) is 1. The summed E-state index contributed by atoms with van der Waals surface area (Å²) in [6, 6.07) is 7.04. The number of likely N-dealkylation sites (tertiary alicyclic amines) is 1. The molecule has 1 saturated carbocycles. The highest BCUT2D eigenvalue weighted by Crippen LogP contribution is 2.53. The summed E-state index contributed by atoms with van der Waals surface area (Å²) in [7, 11) is 0. The summed E-state index contributed by atoms with van der Waals surface area (Å²) in [5.41, 5.74) is 3.62. The number of hydrogen-bond acceptors (Lipinski definition) is 3. The molecule has 3 heteroatoms. The Morgan fingerprint density at radius 1 is 1.14 bits per heavy atom. The van der Waals surface area contributed by atoms with Crippen LogP contribution in [0.3, 0.4) is 0 Å². The van der Waals surface area contributed by atoms with E-state index in [0.717, 1.165) is 36.5 Å². The Morgan fingerprint density at radius 2 is 2.04 bits per heavy atom. The number of aryl methyl sites for hydroxylation is 1. The fraction of sp³-hybridized carbons (Fsp3) is 0.760. The Bertz CT molecular complexity index is 683. The summed E-state index contributed by atoms with van der Waals surface area (Å²) in [6.07, 6.45) is 12.0. The lowest BCUT2D eigenvalue weighted by Gasteiger charge is -2.54. The Kier molecular flexibility index (Phi) is 5.40. The predicted molar refractivity (Wildman–Crippen MR) is 115 cm³/mol. The molecule has 1 aromatic rings. The first-order valence-electron chi connectivity index (χ1n) is 12.0. The first-order valence-corrected chi connectivity index (χ1v) is 12.0. The van der Waals surface area contributed by atoms with E-state index in [-0.39, 0.29) is 0 Å². The molecule has 0 spiro atoms. The van der Waals surface area contributed by atoms with Crippen LogP contribution < -0.4 is 10.1 Å². The normalized spacial score (nSPS) is 35.1. The smallest absolute Gasteiger partial charge is 0.119 e. The average Bonchev–Trinajstić information content (AvgIpc) is 3.23. The fourth-order valence-corrected chi connectivity index (χ4v) is 6.90. The fourth-order valence-electron chi connectivity index (χ4n) is 6.90. The predicted octanol–water partition coefficient (Wildman–Crippen LogP) is 4.75. The van der Waals surface area contributed by atoms with E-state index >= 15 is 0 Å². The topological polar surface area (TPSA) is 24.5 Å². The lowest BCUT2D eigenvalue weighted by Crippen LogP contribution is -2.58. The van der Waals surface area contributed by atoms with E-state index in [9.17, 15) is 0 Å². The van der Waals surface area contributed by atoms with E-state index in [1.54, 1.807) is 11.1 Å². The molecular weight excluding hydrogens is 344 g/mol. The largest absolute Gasteiger partial charge is 0.494 e. The van der Waals surface area contributed by atoms with Crippen molar-refractivity contribution in [3.8, 4) is 5.75 Å². The minimum atomic E-state index is 0.398. The summed E-state index contributed by atoms with van der Waals surface area (Å²) >= 11 is 0. The number of hydrogen-bond donors (Lipinski definition) is 1. The molecule has 0 aromatic heterocycles. The van der Waals surface area contributed by atoms with Gasteiger partial charge in [0.05, 0.1) is 6.61 Å². The molecule has 4 aliphatic rings. The Balaban J connectivity index is 1.22. The lowest BCUT2D eigenvalue weighted by atomic mass is 9.56. The van der Waals surface area contributed by atoms with Gasteiger partial charge in [-0.2, -0.15) is 0 Å². The van der Waals surface area contributed by atoms with Crippen LogP contribution >= 0.6 is 0 Å². The Morgan fingerprint density at radius 3 is 2.93 bits per heavy atom. The maximum absolute atomic E-state index is 6.13. The van der Waals surface area contributed by atoms with Gasteiger partial charge in [0.15, 0.2) is 0 Å². The summed E-state index contributed by atoms with van der Waals surface area (Å²) in [5.74, 6) is 3.63. The van der Waals surface area contributed by atoms with E-state index in [2.05, 4.69) is 35.3 Å². The number of nitrogens with one attached hydrogen (secondary N) is 1. The van der Waals surface area contributed by atoms with Gasteiger partial charge in [0.25, 0.3) is 0 Å². The molecule has 4 atom stereocenters. The molecule has 2 aliphatic heterocycles. The molecule has 0 radical (unpaired) electrons. The zero-order valence-electron chi connectivity index (χ0n) is 17.7. The van der Waals surface area contributed by atoms with Crippen molar-refractivity contribution in [2.75, 3.05) is 32.8 Å². The first-order chi connectivity index (χ1) is 13.7. The maximum atomic E-state index is 6.13. The Hall–Kier alpha value is -1.06. The molecule has 3 fully saturated rings. The standard InChI is InChI=1S/C25H38N2O/c1-25-12-11-22-21-10-8-20(28-17-5-16-27-14-2-3-15-27)18-19(21)7-9-23(22)24(25)6-4-13-26-25/h8,10,18,22-24,26H,2-7,9,11-17H2,1H3/t22-,23-,24+,25+/m1/s1. The minimum absolute atomic E-state index is 0.398. The van der Waals surface area contributed by atoms with E-state index in [1.807, 2.05) is 0 Å². The van der Waals surface area contributed by atoms with Crippen molar-refractivity contribution in [1.82, 2.24) is 10.2 Å². The van der Waals surface area contributed by atoms with Gasteiger partial charge in [-0.15, -0.1) is 0 Å². The number of fused-ring (bicyclic) bond motifs is 5. The molecular formula is C25H38N2O. The van der Waals surface area contributed by atoms with Gasteiger partial charge in [0.1, 0.15) is 5.75 Å². The van der Waals surface area contributed by atoms with Gasteiger partial charge in [-0.3, -0.25) is 0 Å². The monoisotopic (exact) mass is 382 g/mol. The molecule has 1 N–H and O–H groups in total. The van der Waals surface area contributed by atoms with Gasteiger partial charge < -0.3 is 15.0 Å². The highest BCUT2D eigenvalue weighted by molar-refractivity contribution is 5.40. The van der Waals surface area contributed by atoms with E-state index in [0.29, 0.717) is 5.54 Å². The van der Waals surface area contributed by atoms with Crippen LogP contribution in [0.15, 0.2) is 18.2 Å². The molecule has 2 saturated heterocycles. The SMILES string of the molecule is C[C@]12CC[C@@H]3c4ccc(OCCCN5CCCC5)cc4CC[C@H]3[C@@H]1CCCN2. The maximum Gasteiger partial charge on any atom is 0.119 e. The van der Waals surface area contributed by atoms with Crippen molar-refractivity contribution >= 4 is 0 Å². The van der Waals surface area contributed by atoms with Crippen molar-refractivity contribution in [2.45, 2.75) is 76.2 Å². The van der Waals surface area contributed by atoms with Crippen LogP contribution in [0, 0.1) is 11.8 Å². The quantitative estimate of drug-likeness (QED) is 0.744. The van der Waals surface area contributed by atoms with Gasteiger partial charge in [-0.25, -0.2) is 0 Å². The van der Waals surface area contributed by atoms with Crippen molar-refractivity contribution in [2.24, 2.45) is 11.8 Å². The van der Waals surface area contributed by atoms with E-state index in [1.165, 1.54) is 77.5 Å². The molecule has 0 bridgehead atoms. The molecule has 3 nitrogen and oxygen atoms in total. The number of ether oxygens (including phenoxy) is 1. The van der Waals surface area contributed by atoms with Gasteiger partial charge in [-0.05, 0) is 125 Å². The molecule has 5 rings (SSSR count). The molecule has 0 unspecified atom stereocenters. The van der Waals surface area contributed by atoms with Crippen molar-refractivity contribution in [3.05, 3.63) is 29.3 Å². The second-order valence-electron chi connectivity index (χ2n) is 10.1. The number of benzene rings is 1. The second kappa shape index (κ2) is 7.99. The van der Waals surface area contributed by atoms with Crippen molar-refractivity contribution < 1.29 is 4.74 Å². The van der Waals surface area contributed by atoms with Gasteiger partial charge in [-0.1, -0.05) is 6.07 Å². The van der Waals surface area contributed by atoms with Crippen LogP contribution in [0.25, 0.3) is 0 Å². The number of piperidine rings is 1. The third kappa shape index (κ3) is 3.61. The highest BCUT2D eigenvalue weighted by atomic mass is 16.5. The summed E-state index contributed by atoms with van der Waals surface area (Å²) in [5, 5.41) is 3.89. The summed E-state index contributed by atoms with van der Waals surface area (Å²) < 4.78 is 6.13. The first kappa shape index (κ1) is 18.9. The van der Waals surface area contributed by atoms with Gasteiger partial charge in [0, 0.05) is 12.1 Å². The van der Waals surface area contributed by atoms with Crippen LogP contribution in [0.2, 0.25) is 0 Å². The van der Waals surface area contributed by atoms with Crippen LogP contribution in [-0.2, 0) is 6.42 Å². The highest BCUT2D eigenvalue weighted by Gasteiger charge is 2.48. The summed E-state index contributed by atoms with van der Waals surface area (Å²) in [4.78, 5) is 2.58. The van der Waals surface area contributed by atoms with Crippen LogP contribution in [-0.4, -0.2) is 43.2 Å². The molecule has 2 heterocycles. The van der Waals surface area contributed by atoms with Crippen LogP contribution in [0.1, 0.15) is 75.3 Å².